The van der Waals surface area contributed by atoms with Gasteiger partial charge >= 0.3 is 5.63 Å². The van der Waals surface area contributed by atoms with Gasteiger partial charge in [0.2, 0.25) is 5.88 Å². The first-order valence-electron chi connectivity index (χ1n) is 10.2. The molecule has 6 nitrogen and oxygen atoms in total. The predicted molar refractivity (Wildman–Crippen MR) is 124 cm³/mol. The Morgan fingerprint density at radius 1 is 1.03 bits per heavy atom. The maximum Gasteiger partial charge on any atom is 0.344 e. The van der Waals surface area contributed by atoms with E-state index in [-0.39, 0.29) is 17.0 Å². The Balaban J connectivity index is 1.52. The van der Waals surface area contributed by atoms with Crippen LogP contribution in [0.3, 0.4) is 0 Å². The Morgan fingerprint density at radius 2 is 1.76 bits per heavy atom. The summed E-state index contributed by atoms with van der Waals surface area (Å²) in [7, 11) is 0. The minimum Gasteiger partial charge on any atom is -0.489 e. The molecule has 1 unspecified atom stereocenters. The standard InChI is InChI=1S/C26H17ClN2O4/c27-17-9-5-15(6-10-17)14-31-18-11-7-16(8-12-18)22-20(13-28)25(29)33-24-19-3-1-2-4-21(19)32-26(30)23(22)24/h1-12,22H,14,29H2. The van der Waals surface area contributed by atoms with Crippen molar-refractivity contribution in [2.24, 2.45) is 5.73 Å². The zero-order chi connectivity index (χ0) is 22.9. The highest BCUT2D eigenvalue weighted by atomic mass is 35.5. The van der Waals surface area contributed by atoms with E-state index >= 15 is 0 Å². The Labute approximate surface area is 194 Å². The quantitative estimate of drug-likeness (QED) is 0.421. The van der Waals surface area contributed by atoms with Gasteiger partial charge in [-0.25, -0.2) is 4.79 Å². The van der Waals surface area contributed by atoms with Crippen LogP contribution in [0.15, 0.2) is 93.5 Å². The van der Waals surface area contributed by atoms with Crippen molar-refractivity contribution in [1.29, 1.82) is 5.26 Å². The number of rotatable bonds is 4. The van der Waals surface area contributed by atoms with Crippen molar-refractivity contribution in [3.8, 4) is 17.6 Å². The smallest absolute Gasteiger partial charge is 0.344 e. The molecule has 0 radical (unpaired) electrons. The maximum atomic E-state index is 12.9. The summed E-state index contributed by atoms with van der Waals surface area (Å²) in [4.78, 5) is 12.9. The van der Waals surface area contributed by atoms with Crippen LogP contribution < -0.4 is 20.8 Å². The number of nitrogens with zero attached hydrogens (tertiary/aromatic N) is 1. The summed E-state index contributed by atoms with van der Waals surface area (Å²) in [5.74, 6) is 0.201. The molecular weight excluding hydrogens is 440 g/mol. The molecular formula is C26H17ClN2O4. The number of hydrogen-bond acceptors (Lipinski definition) is 6. The van der Waals surface area contributed by atoms with Crippen LogP contribution in [0.5, 0.6) is 11.5 Å². The van der Waals surface area contributed by atoms with E-state index in [1.807, 2.05) is 18.2 Å². The number of ether oxygens (including phenoxy) is 2. The molecule has 0 amide bonds. The van der Waals surface area contributed by atoms with Crippen molar-refractivity contribution in [3.63, 3.8) is 0 Å². The minimum absolute atomic E-state index is 0.0335. The van der Waals surface area contributed by atoms with E-state index in [4.69, 9.17) is 31.2 Å². The third-order valence-electron chi connectivity index (χ3n) is 5.51. The fourth-order valence-corrected chi connectivity index (χ4v) is 4.03. The second kappa shape index (κ2) is 8.38. The second-order valence-electron chi connectivity index (χ2n) is 7.54. The Bertz CT molecular complexity index is 1480. The molecule has 1 aromatic heterocycles. The lowest BCUT2D eigenvalue weighted by Crippen LogP contribution is -2.26. The molecule has 4 aromatic rings. The Hall–Kier alpha value is -4.21. The van der Waals surface area contributed by atoms with Crippen LogP contribution in [0.25, 0.3) is 11.0 Å². The van der Waals surface area contributed by atoms with E-state index < -0.39 is 11.5 Å². The van der Waals surface area contributed by atoms with Crippen LogP contribution in [0.1, 0.15) is 22.6 Å². The second-order valence-corrected chi connectivity index (χ2v) is 7.97. The zero-order valence-electron chi connectivity index (χ0n) is 17.2. The molecule has 1 aliphatic heterocycles. The van der Waals surface area contributed by atoms with Crippen molar-refractivity contribution < 1.29 is 13.9 Å². The Kier molecular flexibility index (Phi) is 5.25. The number of nitrogens with two attached hydrogens (primary N) is 1. The summed E-state index contributed by atoms with van der Waals surface area (Å²) in [6.45, 7) is 0.377. The van der Waals surface area contributed by atoms with Gasteiger partial charge in [0.15, 0.2) is 5.75 Å². The fraction of sp³-hybridized carbons (Fsp3) is 0.0769. The van der Waals surface area contributed by atoms with Crippen LogP contribution in [-0.4, -0.2) is 0 Å². The van der Waals surface area contributed by atoms with Crippen LogP contribution >= 0.6 is 11.6 Å². The van der Waals surface area contributed by atoms with E-state index in [9.17, 15) is 10.1 Å². The number of nitriles is 1. The number of para-hydroxylation sites is 1. The molecule has 7 heteroatoms. The van der Waals surface area contributed by atoms with Gasteiger partial charge in [-0.3, -0.25) is 0 Å². The molecule has 0 fully saturated rings. The number of allylic oxidation sites excluding steroid dienone is 1. The van der Waals surface area contributed by atoms with E-state index in [1.54, 1.807) is 54.6 Å². The lowest BCUT2D eigenvalue weighted by Gasteiger charge is -2.26. The molecule has 0 spiro atoms. The third-order valence-corrected chi connectivity index (χ3v) is 5.76. The first-order chi connectivity index (χ1) is 16.0. The van der Waals surface area contributed by atoms with Gasteiger partial charge in [0.1, 0.15) is 29.6 Å². The highest BCUT2D eigenvalue weighted by Gasteiger charge is 2.35. The van der Waals surface area contributed by atoms with Gasteiger partial charge in [-0.05, 0) is 47.5 Å². The molecule has 0 aliphatic carbocycles. The largest absolute Gasteiger partial charge is 0.489 e. The van der Waals surface area contributed by atoms with Gasteiger partial charge in [0.05, 0.1) is 16.9 Å². The average Bonchev–Trinajstić information content (AvgIpc) is 2.83. The minimum atomic E-state index is -0.718. The van der Waals surface area contributed by atoms with Crippen molar-refractivity contribution in [3.05, 3.63) is 116 Å². The summed E-state index contributed by atoms with van der Waals surface area (Å²) in [6.07, 6.45) is 0. The molecule has 5 rings (SSSR count). The topological polar surface area (TPSA) is 98.5 Å². The third kappa shape index (κ3) is 3.79. The molecule has 1 atom stereocenters. The van der Waals surface area contributed by atoms with E-state index in [2.05, 4.69) is 6.07 Å². The highest BCUT2D eigenvalue weighted by Crippen LogP contribution is 2.43. The van der Waals surface area contributed by atoms with Gasteiger partial charge in [0, 0.05) is 5.02 Å². The lowest BCUT2D eigenvalue weighted by atomic mass is 9.84. The summed E-state index contributed by atoms with van der Waals surface area (Å²) < 4.78 is 17.1. The number of halogens is 1. The van der Waals surface area contributed by atoms with Crippen molar-refractivity contribution in [2.75, 3.05) is 0 Å². The van der Waals surface area contributed by atoms with Gasteiger partial charge in [-0.15, -0.1) is 0 Å². The van der Waals surface area contributed by atoms with Gasteiger partial charge in [0.25, 0.3) is 0 Å². The van der Waals surface area contributed by atoms with Gasteiger partial charge < -0.3 is 19.6 Å². The monoisotopic (exact) mass is 456 g/mol. The normalized spacial score (nSPS) is 15.0. The molecule has 2 heterocycles. The van der Waals surface area contributed by atoms with Crippen LogP contribution in [0, 0.1) is 11.3 Å². The Morgan fingerprint density at radius 3 is 2.48 bits per heavy atom. The van der Waals surface area contributed by atoms with Gasteiger partial charge in [-0.1, -0.05) is 48.0 Å². The first kappa shape index (κ1) is 20.7. The van der Waals surface area contributed by atoms with Crippen LogP contribution in [0.4, 0.5) is 0 Å². The number of benzene rings is 3. The molecule has 33 heavy (non-hydrogen) atoms. The molecule has 1 aliphatic rings. The first-order valence-corrected chi connectivity index (χ1v) is 10.5. The lowest BCUT2D eigenvalue weighted by molar-refractivity contribution is 0.306. The highest BCUT2D eigenvalue weighted by molar-refractivity contribution is 6.30. The summed E-state index contributed by atoms with van der Waals surface area (Å²) in [5, 5.41) is 11.0. The van der Waals surface area contributed by atoms with Crippen molar-refractivity contribution in [1.82, 2.24) is 0 Å². The molecule has 0 bridgehead atoms. The summed E-state index contributed by atoms with van der Waals surface area (Å²) in [5.41, 5.74) is 7.98. The molecule has 0 saturated heterocycles. The van der Waals surface area contributed by atoms with Crippen LogP contribution in [0.2, 0.25) is 5.02 Å². The van der Waals surface area contributed by atoms with E-state index in [0.717, 1.165) is 5.56 Å². The van der Waals surface area contributed by atoms with E-state index in [0.29, 0.717) is 39.7 Å². The fourth-order valence-electron chi connectivity index (χ4n) is 3.90. The number of fused-ring (bicyclic) bond motifs is 3. The molecule has 0 saturated carbocycles. The van der Waals surface area contributed by atoms with Crippen molar-refractivity contribution in [2.45, 2.75) is 12.5 Å². The zero-order valence-corrected chi connectivity index (χ0v) is 18.0. The van der Waals surface area contributed by atoms with Crippen molar-refractivity contribution >= 4 is 22.6 Å². The SMILES string of the molecule is N#CC1=C(N)Oc2c(c(=O)oc3ccccc23)C1c1ccc(OCc2ccc(Cl)cc2)cc1. The van der Waals surface area contributed by atoms with Crippen LogP contribution in [-0.2, 0) is 6.61 Å². The van der Waals surface area contributed by atoms with Gasteiger partial charge in [-0.2, -0.15) is 5.26 Å². The molecule has 162 valence electrons. The summed E-state index contributed by atoms with van der Waals surface area (Å²) >= 11 is 5.92. The van der Waals surface area contributed by atoms with E-state index in [1.165, 1.54) is 0 Å². The molecule has 2 N–H and O–H groups in total. The predicted octanol–water partition coefficient (Wildman–Crippen LogP) is 5.24. The molecule has 3 aromatic carbocycles. The number of hydrogen-bond donors (Lipinski definition) is 1. The average molecular weight is 457 g/mol. The summed E-state index contributed by atoms with van der Waals surface area (Å²) in [6, 6.07) is 23.7. The maximum absolute atomic E-state index is 12.9.